The summed E-state index contributed by atoms with van der Waals surface area (Å²) >= 11 is 0. The van der Waals surface area contributed by atoms with Gasteiger partial charge in [-0.25, -0.2) is 4.39 Å². The van der Waals surface area contributed by atoms with Crippen molar-refractivity contribution in [3.05, 3.63) is 71.0 Å². The third-order valence-corrected chi connectivity index (χ3v) is 3.10. The Balaban J connectivity index is 2.23. The molecule has 1 unspecified atom stereocenters. The maximum absolute atomic E-state index is 12.8. The molecule has 0 amide bonds. The number of rotatable bonds is 3. The lowest BCUT2D eigenvalue weighted by Crippen LogP contribution is -2.00. The van der Waals surface area contributed by atoms with E-state index in [1.807, 2.05) is 24.3 Å². The van der Waals surface area contributed by atoms with Gasteiger partial charge in [0, 0.05) is 0 Å². The van der Waals surface area contributed by atoms with Crippen LogP contribution in [0.4, 0.5) is 4.39 Å². The Hall–Kier alpha value is -1.67. The molecular weight excluding hydrogens is 227 g/mol. The topological polar surface area (TPSA) is 20.2 Å². The predicted octanol–water partition coefficient (Wildman–Crippen LogP) is 4.03. The highest BCUT2D eigenvalue weighted by Gasteiger charge is 2.10. The van der Waals surface area contributed by atoms with Gasteiger partial charge in [-0.05, 0) is 34.7 Å². The van der Waals surface area contributed by atoms with Gasteiger partial charge in [0.2, 0.25) is 0 Å². The molecule has 0 bridgehead atoms. The van der Waals surface area contributed by atoms with E-state index < -0.39 is 6.10 Å². The summed E-state index contributed by atoms with van der Waals surface area (Å²) in [6, 6.07) is 13.8. The minimum Gasteiger partial charge on any atom is -0.384 e. The molecule has 0 saturated carbocycles. The molecule has 0 heterocycles. The normalized spacial score (nSPS) is 12.7. The Kier molecular flexibility index (Phi) is 3.78. The molecule has 2 rings (SSSR count). The summed E-state index contributed by atoms with van der Waals surface area (Å²) in [4.78, 5) is 0. The highest BCUT2D eigenvalue weighted by Crippen LogP contribution is 2.24. The summed E-state index contributed by atoms with van der Waals surface area (Å²) in [5.74, 6) is 0.183. The van der Waals surface area contributed by atoms with Crippen molar-refractivity contribution in [2.45, 2.75) is 25.9 Å². The molecule has 0 saturated heterocycles. The van der Waals surface area contributed by atoms with E-state index in [1.165, 1.54) is 17.7 Å². The van der Waals surface area contributed by atoms with Crippen molar-refractivity contribution in [1.82, 2.24) is 0 Å². The summed E-state index contributed by atoms with van der Waals surface area (Å²) in [5, 5.41) is 10.2. The lowest BCUT2D eigenvalue weighted by Gasteiger charge is -2.13. The average molecular weight is 244 g/mol. The molecule has 2 aromatic carbocycles. The van der Waals surface area contributed by atoms with Crippen LogP contribution in [-0.4, -0.2) is 5.11 Å². The number of halogens is 1. The smallest absolute Gasteiger partial charge is 0.123 e. The Morgan fingerprint density at radius 3 is 1.61 bits per heavy atom. The first kappa shape index (κ1) is 12.8. The number of benzene rings is 2. The molecule has 2 heteroatoms. The third kappa shape index (κ3) is 2.77. The molecule has 0 aliphatic rings. The molecular formula is C16H17FO. The first-order valence-corrected chi connectivity index (χ1v) is 6.11. The van der Waals surface area contributed by atoms with Crippen LogP contribution in [-0.2, 0) is 0 Å². The van der Waals surface area contributed by atoms with Crippen molar-refractivity contribution >= 4 is 0 Å². The zero-order valence-corrected chi connectivity index (χ0v) is 10.6. The van der Waals surface area contributed by atoms with Crippen LogP contribution in [0.25, 0.3) is 0 Å². The van der Waals surface area contributed by atoms with Gasteiger partial charge >= 0.3 is 0 Å². The number of hydrogen-bond donors (Lipinski definition) is 1. The molecule has 0 fully saturated rings. The van der Waals surface area contributed by atoms with Crippen LogP contribution in [0.15, 0.2) is 48.5 Å². The molecule has 18 heavy (non-hydrogen) atoms. The van der Waals surface area contributed by atoms with Crippen molar-refractivity contribution in [2.75, 3.05) is 0 Å². The fraction of sp³-hybridized carbons (Fsp3) is 0.250. The number of hydrogen-bond acceptors (Lipinski definition) is 1. The fourth-order valence-corrected chi connectivity index (χ4v) is 1.90. The predicted molar refractivity (Wildman–Crippen MR) is 71.0 cm³/mol. The standard InChI is InChI=1S/C16H17FO/c1-11(2)12-3-5-13(6-4-12)16(18)14-7-9-15(17)10-8-14/h3-11,16,18H,1-2H3. The van der Waals surface area contributed by atoms with Gasteiger partial charge in [0.15, 0.2) is 0 Å². The van der Waals surface area contributed by atoms with E-state index in [-0.39, 0.29) is 5.82 Å². The Bertz CT molecular complexity index is 500. The Labute approximate surface area is 107 Å². The van der Waals surface area contributed by atoms with Crippen molar-refractivity contribution in [3.63, 3.8) is 0 Å². The molecule has 0 radical (unpaired) electrons. The number of aliphatic hydroxyl groups is 1. The van der Waals surface area contributed by atoms with Crippen LogP contribution in [0.5, 0.6) is 0 Å². The van der Waals surface area contributed by atoms with E-state index in [2.05, 4.69) is 13.8 Å². The minimum absolute atomic E-state index is 0.291. The highest BCUT2D eigenvalue weighted by atomic mass is 19.1. The molecule has 1 nitrogen and oxygen atoms in total. The first-order chi connectivity index (χ1) is 8.58. The summed E-state index contributed by atoms with van der Waals surface area (Å²) in [6.07, 6.45) is -0.702. The van der Waals surface area contributed by atoms with Crippen LogP contribution in [0.3, 0.4) is 0 Å². The van der Waals surface area contributed by atoms with Crippen LogP contribution >= 0.6 is 0 Å². The van der Waals surface area contributed by atoms with Crippen molar-refractivity contribution in [1.29, 1.82) is 0 Å². The van der Waals surface area contributed by atoms with Gasteiger partial charge in [-0.2, -0.15) is 0 Å². The largest absolute Gasteiger partial charge is 0.384 e. The maximum atomic E-state index is 12.8. The lowest BCUT2D eigenvalue weighted by molar-refractivity contribution is 0.220. The van der Waals surface area contributed by atoms with Gasteiger partial charge in [-0.15, -0.1) is 0 Å². The zero-order valence-electron chi connectivity index (χ0n) is 10.6. The molecule has 1 atom stereocenters. The van der Waals surface area contributed by atoms with Crippen LogP contribution in [0, 0.1) is 5.82 Å². The first-order valence-electron chi connectivity index (χ1n) is 6.11. The Morgan fingerprint density at radius 1 is 0.778 bits per heavy atom. The van der Waals surface area contributed by atoms with Crippen molar-refractivity contribution < 1.29 is 9.50 Å². The van der Waals surface area contributed by atoms with E-state index >= 15 is 0 Å². The van der Waals surface area contributed by atoms with Gasteiger partial charge in [0.1, 0.15) is 11.9 Å². The second-order valence-corrected chi connectivity index (χ2v) is 4.78. The van der Waals surface area contributed by atoms with E-state index in [9.17, 15) is 9.50 Å². The van der Waals surface area contributed by atoms with Gasteiger partial charge < -0.3 is 5.11 Å². The summed E-state index contributed by atoms with van der Waals surface area (Å²) < 4.78 is 12.8. The molecule has 2 aromatic rings. The quantitative estimate of drug-likeness (QED) is 0.864. The van der Waals surface area contributed by atoms with Gasteiger partial charge in [0.25, 0.3) is 0 Å². The minimum atomic E-state index is -0.702. The number of aliphatic hydroxyl groups excluding tert-OH is 1. The van der Waals surface area contributed by atoms with Crippen LogP contribution < -0.4 is 0 Å². The fourth-order valence-electron chi connectivity index (χ4n) is 1.90. The van der Waals surface area contributed by atoms with Gasteiger partial charge in [0.05, 0.1) is 0 Å². The van der Waals surface area contributed by atoms with E-state index in [1.54, 1.807) is 12.1 Å². The second-order valence-electron chi connectivity index (χ2n) is 4.78. The highest BCUT2D eigenvalue weighted by molar-refractivity contribution is 5.32. The van der Waals surface area contributed by atoms with Gasteiger partial charge in [-0.3, -0.25) is 0 Å². The monoisotopic (exact) mass is 244 g/mol. The van der Waals surface area contributed by atoms with Gasteiger partial charge in [-0.1, -0.05) is 50.2 Å². The third-order valence-electron chi connectivity index (χ3n) is 3.10. The van der Waals surface area contributed by atoms with E-state index in [0.717, 1.165) is 5.56 Å². The summed E-state index contributed by atoms with van der Waals surface area (Å²) in [6.45, 7) is 4.26. The van der Waals surface area contributed by atoms with Crippen molar-refractivity contribution in [2.24, 2.45) is 0 Å². The van der Waals surface area contributed by atoms with E-state index in [4.69, 9.17) is 0 Å². The SMILES string of the molecule is CC(C)c1ccc(C(O)c2ccc(F)cc2)cc1. The average Bonchev–Trinajstić information content (AvgIpc) is 2.39. The zero-order chi connectivity index (χ0) is 13.1. The Morgan fingerprint density at radius 2 is 1.17 bits per heavy atom. The molecule has 1 N–H and O–H groups in total. The molecule has 0 aromatic heterocycles. The molecule has 0 aliphatic carbocycles. The second kappa shape index (κ2) is 5.32. The molecule has 0 spiro atoms. The van der Waals surface area contributed by atoms with Crippen LogP contribution in [0.2, 0.25) is 0 Å². The summed E-state index contributed by atoms with van der Waals surface area (Å²) in [5.41, 5.74) is 2.77. The molecule has 0 aliphatic heterocycles. The molecule has 94 valence electrons. The lowest BCUT2D eigenvalue weighted by atomic mass is 9.97. The maximum Gasteiger partial charge on any atom is 0.123 e. The summed E-state index contributed by atoms with van der Waals surface area (Å²) in [7, 11) is 0. The van der Waals surface area contributed by atoms with Crippen molar-refractivity contribution in [3.8, 4) is 0 Å². The van der Waals surface area contributed by atoms with Crippen LogP contribution in [0.1, 0.15) is 42.6 Å². The van der Waals surface area contributed by atoms with E-state index in [0.29, 0.717) is 11.5 Å².